The molecule has 7 heteroatoms. The topological polar surface area (TPSA) is 118 Å². The Kier molecular flexibility index (Phi) is 8.36. The van der Waals surface area contributed by atoms with E-state index in [1.807, 2.05) is 0 Å². The fourth-order valence-corrected chi connectivity index (χ4v) is 1.34. The highest BCUT2D eigenvalue weighted by Gasteiger charge is 2.16. The number of hydrogen-bond donors (Lipinski definition) is 2. The van der Waals surface area contributed by atoms with Crippen LogP contribution in [0, 0.1) is 0 Å². The van der Waals surface area contributed by atoms with E-state index in [1.165, 1.54) is 0 Å². The molecule has 0 aliphatic heterocycles. The molecule has 0 aliphatic carbocycles. The molecule has 0 amide bonds. The van der Waals surface area contributed by atoms with Gasteiger partial charge in [0.05, 0.1) is 0 Å². The van der Waals surface area contributed by atoms with Crippen molar-refractivity contribution in [1.29, 1.82) is 0 Å². The highest BCUT2D eigenvalue weighted by Crippen LogP contribution is 2.11. The Morgan fingerprint density at radius 2 is 1.05 bits per heavy atom. The first-order valence-electron chi connectivity index (χ1n) is 6.29. The van der Waals surface area contributed by atoms with Crippen molar-refractivity contribution in [3.05, 3.63) is 24.3 Å². The molecule has 7 nitrogen and oxygen atoms in total. The average molecular weight is 298 g/mol. The maximum atomic E-state index is 11.5. The van der Waals surface area contributed by atoms with Crippen LogP contribution in [0.1, 0.15) is 38.5 Å². The predicted molar refractivity (Wildman–Crippen MR) is 72.4 cm³/mol. The summed E-state index contributed by atoms with van der Waals surface area (Å²) in [6, 6.07) is 0. The van der Waals surface area contributed by atoms with Crippen LogP contribution in [0.3, 0.4) is 0 Å². The van der Waals surface area contributed by atoms with Gasteiger partial charge in [0.1, 0.15) is 0 Å². The Labute approximate surface area is 121 Å². The van der Waals surface area contributed by atoms with Crippen LogP contribution in [0.25, 0.3) is 0 Å². The normalized spacial score (nSPS) is 9.71. The summed E-state index contributed by atoms with van der Waals surface area (Å²) in [5.41, 5.74) is 0.00544. The lowest BCUT2D eigenvalue weighted by molar-refractivity contribution is -0.154. The zero-order valence-corrected chi connectivity index (χ0v) is 11.6. The fourth-order valence-electron chi connectivity index (χ4n) is 1.34. The molecule has 0 atom stereocenters. The van der Waals surface area contributed by atoms with E-state index in [4.69, 9.17) is 10.2 Å². The predicted octanol–water partition coefficient (Wildman–Crippen LogP) is 1.68. The monoisotopic (exact) mass is 298 g/mol. The van der Waals surface area contributed by atoms with E-state index in [1.54, 1.807) is 0 Å². The molecule has 0 bridgehead atoms. The van der Waals surface area contributed by atoms with Crippen molar-refractivity contribution in [3.63, 3.8) is 0 Å². The highest BCUT2D eigenvalue weighted by atomic mass is 16.6. The summed E-state index contributed by atoms with van der Waals surface area (Å²) in [6.45, 7) is 6.84. The number of carbonyl (C=O) groups excluding carboxylic acids is 2. The lowest BCUT2D eigenvalue weighted by Crippen LogP contribution is -2.15. The number of rotatable bonds is 10. The van der Waals surface area contributed by atoms with Gasteiger partial charge >= 0.3 is 23.9 Å². The molecule has 0 unspecified atom stereocenters. The summed E-state index contributed by atoms with van der Waals surface area (Å²) in [7, 11) is 0. The van der Waals surface area contributed by atoms with Crippen molar-refractivity contribution in [2.75, 3.05) is 0 Å². The molecule has 0 rings (SSSR count). The van der Waals surface area contributed by atoms with E-state index in [-0.39, 0.29) is 49.7 Å². The Morgan fingerprint density at radius 1 is 0.714 bits per heavy atom. The zero-order valence-electron chi connectivity index (χ0n) is 11.6. The first kappa shape index (κ1) is 18.6. The molecular weight excluding hydrogens is 280 g/mol. The van der Waals surface area contributed by atoms with E-state index < -0.39 is 23.9 Å². The third-order valence-electron chi connectivity index (χ3n) is 2.50. The van der Waals surface area contributed by atoms with Gasteiger partial charge in [0, 0.05) is 24.0 Å². The molecule has 0 heterocycles. The molecule has 0 aromatic rings. The Morgan fingerprint density at radius 3 is 1.33 bits per heavy atom. The molecule has 0 aliphatic rings. The second-order valence-electron chi connectivity index (χ2n) is 4.38. The van der Waals surface area contributed by atoms with Crippen LogP contribution in [-0.2, 0) is 23.9 Å². The number of ether oxygens (including phenoxy) is 1. The summed E-state index contributed by atoms with van der Waals surface area (Å²) >= 11 is 0. The number of aliphatic carboxylic acids is 2. The van der Waals surface area contributed by atoms with E-state index in [2.05, 4.69) is 17.9 Å². The maximum Gasteiger partial charge on any atom is 0.341 e. The third kappa shape index (κ3) is 9.15. The quantitative estimate of drug-likeness (QED) is 0.358. The Bertz CT molecular complexity index is 420. The van der Waals surface area contributed by atoms with Gasteiger partial charge in [-0.25, -0.2) is 9.59 Å². The number of esters is 2. The van der Waals surface area contributed by atoms with Crippen LogP contribution in [0.5, 0.6) is 0 Å². The highest BCUT2D eigenvalue weighted by molar-refractivity contribution is 6.01. The summed E-state index contributed by atoms with van der Waals surface area (Å²) in [5.74, 6) is -3.83. The molecule has 0 aromatic heterocycles. The SMILES string of the molecule is C=C(CCCC(=O)O)C(=O)OC(=O)C(=C)CCCC(=O)O. The summed E-state index contributed by atoms with van der Waals surface area (Å²) in [5, 5.41) is 16.9. The van der Waals surface area contributed by atoms with Gasteiger partial charge < -0.3 is 14.9 Å². The van der Waals surface area contributed by atoms with Crippen molar-refractivity contribution < 1.29 is 34.1 Å². The first-order valence-corrected chi connectivity index (χ1v) is 6.29. The van der Waals surface area contributed by atoms with Crippen LogP contribution in [-0.4, -0.2) is 34.1 Å². The molecule has 0 aromatic carbocycles. The van der Waals surface area contributed by atoms with Gasteiger partial charge in [-0.15, -0.1) is 0 Å². The van der Waals surface area contributed by atoms with Crippen molar-refractivity contribution >= 4 is 23.9 Å². The average Bonchev–Trinajstić information content (AvgIpc) is 2.37. The second-order valence-corrected chi connectivity index (χ2v) is 4.38. The standard InChI is InChI=1S/C14H18O7/c1-9(5-3-7-11(15)16)13(19)21-14(20)10(2)6-4-8-12(17)18/h1-8H2,(H,15,16)(H,17,18). The smallest absolute Gasteiger partial charge is 0.341 e. The van der Waals surface area contributed by atoms with Crippen LogP contribution in [0.15, 0.2) is 24.3 Å². The van der Waals surface area contributed by atoms with Gasteiger partial charge in [0.15, 0.2) is 0 Å². The minimum Gasteiger partial charge on any atom is -0.481 e. The zero-order chi connectivity index (χ0) is 16.4. The van der Waals surface area contributed by atoms with Crippen molar-refractivity contribution in [3.8, 4) is 0 Å². The Balaban J connectivity index is 4.09. The lowest BCUT2D eigenvalue weighted by atomic mass is 10.1. The number of carboxylic acids is 2. The van der Waals surface area contributed by atoms with Crippen LogP contribution in [0.2, 0.25) is 0 Å². The van der Waals surface area contributed by atoms with E-state index in [0.29, 0.717) is 0 Å². The van der Waals surface area contributed by atoms with Crippen molar-refractivity contribution in [2.45, 2.75) is 38.5 Å². The van der Waals surface area contributed by atoms with Crippen LogP contribution < -0.4 is 0 Å². The number of carbonyl (C=O) groups is 4. The molecule has 0 saturated heterocycles. The molecule has 0 spiro atoms. The third-order valence-corrected chi connectivity index (χ3v) is 2.50. The fraction of sp³-hybridized carbons (Fsp3) is 0.429. The lowest BCUT2D eigenvalue weighted by Gasteiger charge is -2.06. The number of hydrogen-bond acceptors (Lipinski definition) is 5. The van der Waals surface area contributed by atoms with Gasteiger partial charge in [-0.2, -0.15) is 0 Å². The van der Waals surface area contributed by atoms with Gasteiger partial charge in [-0.3, -0.25) is 9.59 Å². The first-order chi connectivity index (χ1) is 9.73. The summed E-state index contributed by atoms with van der Waals surface area (Å²) in [6.07, 6.45) is 0.451. The second kappa shape index (κ2) is 9.46. The molecule has 0 radical (unpaired) electrons. The number of carboxylic acid groups (broad SMARTS) is 2. The van der Waals surface area contributed by atoms with E-state index in [0.717, 1.165) is 0 Å². The summed E-state index contributed by atoms with van der Waals surface area (Å²) < 4.78 is 4.52. The van der Waals surface area contributed by atoms with Crippen LogP contribution >= 0.6 is 0 Å². The van der Waals surface area contributed by atoms with Crippen LogP contribution in [0.4, 0.5) is 0 Å². The molecule has 0 fully saturated rings. The van der Waals surface area contributed by atoms with Crippen molar-refractivity contribution in [1.82, 2.24) is 0 Å². The minimum absolute atomic E-state index is 0.00272. The van der Waals surface area contributed by atoms with E-state index >= 15 is 0 Å². The largest absolute Gasteiger partial charge is 0.481 e. The van der Waals surface area contributed by atoms with Gasteiger partial charge in [0.2, 0.25) is 0 Å². The van der Waals surface area contributed by atoms with Gasteiger partial charge in [-0.1, -0.05) is 13.2 Å². The molecule has 21 heavy (non-hydrogen) atoms. The Hall–Kier alpha value is -2.44. The summed E-state index contributed by atoms with van der Waals surface area (Å²) in [4.78, 5) is 43.6. The maximum absolute atomic E-state index is 11.5. The van der Waals surface area contributed by atoms with Gasteiger partial charge in [-0.05, 0) is 25.7 Å². The molecule has 2 N–H and O–H groups in total. The molecule has 116 valence electrons. The molecule has 0 saturated carbocycles. The van der Waals surface area contributed by atoms with Crippen molar-refractivity contribution in [2.24, 2.45) is 0 Å². The minimum atomic E-state index is -0.987. The van der Waals surface area contributed by atoms with E-state index in [9.17, 15) is 19.2 Å². The molecular formula is C14H18O7. The van der Waals surface area contributed by atoms with Gasteiger partial charge in [0.25, 0.3) is 0 Å².